The van der Waals surface area contributed by atoms with Crippen LogP contribution >= 0.6 is 11.6 Å². The summed E-state index contributed by atoms with van der Waals surface area (Å²) in [5.74, 6) is -1.11. The standard InChI is InChI=1S/C22H19ClF4N4O4/c23-15-3-2-14(8-16(15)24)35-11-20(32)28-13-1-4-18(31(9-13)21(33)34)17-10-30-6-5-12(22(25,26)27)7-19(30)29-17/h2-3,5-8,10,13,18H,1,4,9,11H2,(H,28,32)(H,33,34)/t13-,18+/m0/s1. The Morgan fingerprint density at radius 2 is 2.00 bits per heavy atom. The second kappa shape index (κ2) is 9.61. The monoisotopic (exact) mass is 514 g/mol. The first-order chi connectivity index (χ1) is 16.5. The molecule has 0 unspecified atom stereocenters. The number of halogens is 5. The number of carboxylic acid groups (broad SMARTS) is 1. The van der Waals surface area contributed by atoms with Crippen LogP contribution in [-0.2, 0) is 11.0 Å². The lowest BCUT2D eigenvalue weighted by Gasteiger charge is -2.37. The van der Waals surface area contributed by atoms with Crippen molar-refractivity contribution in [3.05, 3.63) is 64.8 Å². The lowest BCUT2D eigenvalue weighted by Crippen LogP contribution is -2.51. The molecule has 13 heteroatoms. The van der Waals surface area contributed by atoms with Crippen molar-refractivity contribution in [1.29, 1.82) is 0 Å². The van der Waals surface area contributed by atoms with Crippen molar-refractivity contribution in [3.63, 3.8) is 0 Å². The van der Waals surface area contributed by atoms with E-state index in [0.717, 1.165) is 23.1 Å². The normalized spacial score (nSPS) is 18.5. The summed E-state index contributed by atoms with van der Waals surface area (Å²) in [4.78, 5) is 29.5. The van der Waals surface area contributed by atoms with E-state index in [0.29, 0.717) is 12.1 Å². The molecule has 1 saturated heterocycles. The van der Waals surface area contributed by atoms with Gasteiger partial charge in [-0.1, -0.05) is 11.6 Å². The Morgan fingerprint density at radius 1 is 1.23 bits per heavy atom. The van der Waals surface area contributed by atoms with Crippen LogP contribution in [0, 0.1) is 5.82 Å². The molecule has 4 rings (SSSR count). The van der Waals surface area contributed by atoms with Crippen LogP contribution in [0.2, 0.25) is 5.02 Å². The van der Waals surface area contributed by atoms with Crippen LogP contribution in [0.15, 0.2) is 42.7 Å². The number of likely N-dealkylation sites (tertiary alicyclic amines) is 1. The first-order valence-corrected chi connectivity index (χ1v) is 10.8. The number of fused-ring (bicyclic) bond motifs is 1. The molecule has 0 spiro atoms. The van der Waals surface area contributed by atoms with Gasteiger partial charge in [0.05, 0.1) is 22.3 Å². The van der Waals surface area contributed by atoms with Gasteiger partial charge < -0.3 is 19.6 Å². The predicted molar refractivity (Wildman–Crippen MR) is 116 cm³/mol. The Balaban J connectivity index is 1.41. The molecule has 1 aliphatic heterocycles. The fourth-order valence-electron chi connectivity index (χ4n) is 3.93. The Kier molecular flexibility index (Phi) is 6.75. The molecule has 3 aromatic rings. The minimum absolute atomic E-state index is 0.0476. The summed E-state index contributed by atoms with van der Waals surface area (Å²) < 4.78 is 59.1. The van der Waals surface area contributed by atoms with Gasteiger partial charge in [0.25, 0.3) is 5.91 Å². The largest absolute Gasteiger partial charge is 0.484 e. The van der Waals surface area contributed by atoms with Crippen LogP contribution in [0.5, 0.6) is 5.75 Å². The van der Waals surface area contributed by atoms with E-state index in [4.69, 9.17) is 16.3 Å². The van der Waals surface area contributed by atoms with Crippen LogP contribution in [-0.4, -0.2) is 50.6 Å². The molecular formula is C22H19ClF4N4O4. The number of nitrogens with zero attached hydrogens (tertiary/aromatic N) is 3. The Bertz CT molecular complexity index is 1270. The van der Waals surface area contributed by atoms with Crippen molar-refractivity contribution in [2.24, 2.45) is 0 Å². The zero-order valence-electron chi connectivity index (χ0n) is 17.9. The van der Waals surface area contributed by atoms with Gasteiger partial charge in [-0.15, -0.1) is 0 Å². The Hall–Kier alpha value is -3.54. The minimum atomic E-state index is -4.53. The fraction of sp³-hybridized carbons (Fsp3) is 0.318. The van der Waals surface area contributed by atoms with Gasteiger partial charge in [0, 0.05) is 31.0 Å². The van der Waals surface area contributed by atoms with E-state index in [9.17, 15) is 32.3 Å². The van der Waals surface area contributed by atoms with E-state index in [1.165, 1.54) is 28.9 Å². The first-order valence-electron chi connectivity index (χ1n) is 10.4. The first kappa shape index (κ1) is 24.6. The molecule has 2 atom stereocenters. The molecule has 8 nitrogen and oxygen atoms in total. The number of pyridine rings is 1. The molecule has 1 aromatic carbocycles. The van der Waals surface area contributed by atoms with E-state index in [1.54, 1.807) is 0 Å². The molecule has 3 heterocycles. The molecule has 1 fully saturated rings. The van der Waals surface area contributed by atoms with Gasteiger partial charge in [-0.2, -0.15) is 13.2 Å². The van der Waals surface area contributed by atoms with Gasteiger partial charge in [0.15, 0.2) is 6.61 Å². The van der Waals surface area contributed by atoms with Crippen LogP contribution in [0.1, 0.15) is 30.1 Å². The molecule has 2 amide bonds. The number of piperidine rings is 1. The quantitative estimate of drug-likeness (QED) is 0.488. The van der Waals surface area contributed by atoms with Crippen molar-refractivity contribution in [1.82, 2.24) is 19.6 Å². The molecule has 0 bridgehead atoms. The highest BCUT2D eigenvalue weighted by atomic mass is 35.5. The number of imidazole rings is 1. The number of ether oxygens (including phenoxy) is 1. The smallest absolute Gasteiger partial charge is 0.416 e. The average molecular weight is 515 g/mol. The molecule has 35 heavy (non-hydrogen) atoms. The van der Waals surface area contributed by atoms with Crippen LogP contribution in [0.4, 0.5) is 22.4 Å². The molecule has 186 valence electrons. The SMILES string of the molecule is O=C(COc1ccc(Cl)c(F)c1)N[C@H]1CC[C@H](c2cn3ccc(C(F)(F)F)cc3n2)N(C(=O)O)C1. The molecule has 0 radical (unpaired) electrons. The van der Waals surface area contributed by atoms with Gasteiger partial charge >= 0.3 is 12.3 Å². The van der Waals surface area contributed by atoms with Gasteiger partial charge in [0.2, 0.25) is 0 Å². The highest BCUT2D eigenvalue weighted by molar-refractivity contribution is 6.30. The number of benzene rings is 1. The number of nitrogens with one attached hydrogen (secondary N) is 1. The van der Waals surface area contributed by atoms with Gasteiger partial charge in [-0.05, 0) is 37.1 Å². The third kappa shape index (κ3) is 5.59. The maximum Gasteiger partial charge on any atom is 0.416 e. The topological polar surface area (TPSA) is 96.2 Å². The molecule has 2 N–H and O–H groups in total. The number of rotatable bonds is 5. The second-order valence-corrected chi connectivity index (χ2v) is 8.41. The van der Waals surface area contributed by atoms with Crippen molar-refractivity contribution in [2.45, 2.75) is 31.1 Å². The maximum atomic E-state index is 13.5. The third-order valence-electron chi connectivity index (χ3n) is 5.60. The minimum Gasteiger partial charge on any atom is -0.484 e. The van der Waals surface area contributed by atoms with E-state index < -0.39 is 48.2 Å². The lowest BCUT2D eigenvalue weighted by molar-refractivity contribution is -0.137. The number of aromatic nitrogens is 2. The van der Waals surface area contributed by atoms with E-state index in [1.807, 2.05) is 0 Å². The number of amides is 2. The third-order valence-corrected chi connectivity index (χ3v) is 5.91. The number of hydrogen-bond donors (Lipinski definition) is 2. The molecular weight excluding hydrogens is 496 g/mol. The molecule has 2 aromatic heterocycles. The summed E-state index contributed by atoms with van der Waals surface area (Å²) in [6.07, 6.45) is -2.38. The molecule has 1 aliphatic rings. The van der Waals surface area contributed by atoms with Crippen molar-refractivity contribution >= 4 is 29.2 Å². The van der Waals surface area contributed by atoms with Crippen LogP contribution < -0.4 is 10.1 Å². The van der Waals surface area contributed by atoms with E-state index in [-0.39, 0.29) is 29.4 Å². The van der Waals surface area contributed by atoms with Crippen molar-refractivity contribution in [2.75, 3.05) is 13.2 Å². The summed E-state index contributed by atoms with van der Waals surface area (Å²) in [7, 11) is 0. The second-order valence-electron chi connectivity index (χ2n) is 8.00. The lowest BCUT2D eigenvalue weighted by atomic mass is 9.96. The zero-order chi connectivity index (χ0) is 25.3. The van der Waals surface area contributed by atoms with Crippen molar-refractivity contribution < 1.29 is 37.0 Å². The highest BCUT2D eigenvalue weighted by Crippen LogP contribution is 2.33. The summed E-state index contributed by atoms with van der Waals surface area (Å²) in [6, 6.07) is 4.34. The van der Waals surface area contributed by atoms with Crippen LogP contribution in [0.3, 0.4) is 0 Å². The predicted octanol–water partition coefficient (Wildman–Crippen LogP) is 4.52. The van der Waals surface area contributed by atoms with Gasteiger partial charge in [-0.3, -0.25) is 9.69 Å². The summed E-state index contributed by atoms with van der Waals surface area (Å²) in [5, 5.41) is 12.3. The Labute approximate surface area is 201 Å². The van der Waals surface area contributed by atoms with E-state index >= 15 is 0 Å². The molecule has 0 saturated carbocycles. The number of carbonyl (C=O) groups excluding carboxylic acids is 1. The molecule has 0 aliphatic carbocycles. The average Bonchev–Trinajstić information content (AvgIpc) is 3.22. The maximum absolute atomic E-state index is 13.5. The fourth-order valence-corrected chi connectivity index (χ4v) is 4.05. The summed E-state index contributed by atoms with van der Waals surface area (Å²) in [5.41, 5.74) is -0.497. The zero-order valence-corrected chi connectivity index (χ0v) is 18.7. The van der Waals surface area contributed by atoms with Gasteiger partial charge in [-0.25, -0.2) is 14.2 Å². The van der Waals surface area contributed by atoms with E-state index in [2.05, 4.69) is 10.3 Å². The van der Waals surface area contributed by atoms with Gasteiger partial charge in [0.1, 0.15) is 17.2 Å². The number of hydrogen-bond acceptors (Lipinski definition) is 4. The van der Waals surface area contributed by atoms with Crippen molar-refractivity contribution in [3.8, 4) is 5.75 Å². The Morgan fingerprint density at radius 3 is 2.69 bits per heavy atom. The van der Waals surface area contributed by atoms with Crippen LogP contribution in [0.25, 0.3) is 5.65 Å². The summed E-state index contributed by atoms with van der Waals surface area (Å²) >= 11 is 5.60. The number of carbonyl (C=O) groups is 2. The summed E-state index contributed by atoms with van der Waals surface area (Å²) in [6.45, 7) is -0.467. The number of alkyl halides is 3. The highest BCUT2D eigenvalue weighted by Gasteiger charge is 2.35.